The highest BCUT2D eigenvalue weighted by Gasteiger charge is 2.65. The van der Waals surface area contributed by atoms with Gasteiger partial charge in [-0.1, -0.05) is 56.2 Å². The minimum Gasteiger partial charge on any atom is -0.495 e. The first-order valence-electron chi connectivity index (χ1n) is 29.6. The number of esters is 1. The maximum Gasteiger partial charge on any atom is 0.409 e. The number of rotatable bonds is 21. The summed E-state index contributed by atoms with van der Waals surface area (Å²) in [6.07, 6.45) is 4.43. The molecule has 29 heteroatoms. The van der Waals surface area contributed by atoms with Crippen molar-refractivity contribution < 1.29 is 76.7 Å². The van der Waals surface area contributed by atoms with E-state index in [0.717, 1.165) is 16.0 Å². The molecule has 11 atom stereocenters. The van der Waals surface area contributed by atoms with E-state index in [2.05, 4.69) is 20.9 Å². The van der Waals surface area contributed by atoms with Crippen LogP contribution in [0.1, 0.15) is 109 Å². The van der Waals surface area contributed by atoms with Crippen molar-refractivity contribution in [3.8, 4) is 5.75 Å². The lowest BCUT2D eigenvalue weighted by molar-refractivity contribution is -0.162. The fourth-order valence-corrected chi connectivity index (χ4v) is 16.7. The van der Waals surface area contributed by atoms with E-state index in [9.17, 15) is 53.1 Å². The monoisotopic (exact) mass is 1340 g/mol. The van der Waals surface area contributed by atoms with Crippen LogP contribution < -0.4 is 30.5 Å². The Morgan fingerprint density at radius 1 is 1.01 bits per heavy atom. The minimum atomic E-state index is -1.90. The van der Waals surface area contributed by atoms with Crippen molar-refractivity contribution in [2.24, 2.45) is 5.92 Å². The van der Waals surface area contributed by atoms with Crippen LogP contribution in [0, 0.1) is 5.92 Å². The highest BCUT2D eigenvalue weighted by atomic mass is 35.5. The van der Waals surface area contributed by atoms with Gasteiger partial charge in [0.1, 0.15) is 51.2 Å². The molecule has 0 aliphatic carbocycles. The second kappa shape index (κ2) is 29.4. The lowest BCUT2D eigenvalue weighted by Gasteiger charge is -2.42. The molecule has 0 saturated carbocycles. The zero-order valence-electron chi connectivity index (χ0n) is 52.2. The van der Waals surface area contributed by atoms with E-state index in [1.165, 1.54) is 102 Å². The van der Waals surface area contributed by atoms with Crippen molar-refractivity contribution in [3.05, 3.63) is 64.3 Å². The van der Waals surface area contributed by atoms with Crippen LogP contribution in [0.3, 0.4) is 0 Å². The molecule has 4 bridgehead atoms. The number of amides is 9. The Morgan fingerprint density at radius 3 is 2.40 bits per heavy atom. The molecule has 0 radical (unpaired) electrons. The molecule has 9 amide bonds. The van der Waals surface area contributed by atoms with Crippen LogP contribution in [0.15, 0.2) is 48.2 Å². The number of imide groups is 2. The van der Waals surface area contributed by atoms with E-state index in [0.29, 0.717) is 41.5 Å². The fourth-order valence-electron chi connectivity index (χ4n) is 11.5. The highest BCUT2D eigenvalue weighted by molar-refractivity contribution is 8.20. The molecule has 90 heavy (non-hydrogen) atoms. The third-order valence-electron chi connectivity index (χ3n) is 17.1. The average Bonchev–Trinajstić information content (AvgIpc) is 1.65. The molecule has 490 valence electrons. The van der Waals surface area contributed by atoms with Gasteiger partial charge in [-0.3, -0.25) is 48.6 Å². The largest absolute Gasteiger partial charge is 0.495 e. The predicted octanol–water partition coefficient (Wildman–Crippen LogP) is 6.28. The van der Waals surface area contributed by atoms with Crippen molar-refractivity contribution >= 4 is 135 Å². The molecule has 1 aromatic carbocycles. The Kier molecular flexibility index (Phi) is 22.9. The van der Waals surface area contributed by atoms with Gasteiger partial charge < -0.3 is 49.2 Å². The zero-order chi connectivity index (χ0) is 65.7. The number of thioether (sulfide) groups is 4. The van der Waals surface area contributed by atoms with Crippen molar-refractivity contribution in [1.82, 2.24) is 25.4 Å². The molecule has 8 rings (SSSR count). The van der Waals surface area contributed by atoms with Gasteiger partial charge in [-0.2, -0.15) is 11.8 Å². The number of benzene rings is 1. The van der Waals surface area contributed by atoms with Gasteiger partial charge in [0.05, 0.1) is 41.8 Å². The van der Waals surface area contributed by atoms with Crippen molar-refractivity contribution in [1.29, 1.82) is 0 Å². The Bertz CT molecular complexity index is 3210. The molecule has 6 aliphatic heterocycles. The summed E-state index contributed by atoms with van der Waals surface area (Å²) in [6, 6.07) is 3.73. The Balaban J connectivity index is 0.859. The molecule has 6 aliphatic rings. The number of methoxy groups -OCH3 is 2. The smallest absolute Gasteiger partial charge is 0.409 e. The predicted molar refractivity (Wildman–Crippen MR) is 345 cm³/mol. The van der Waals surface area contributed by atoms with Crippen LogP contribution >= 0.6 is 58.6 Å². The van der Waals surface area contributed by atoms with E-state index in [1.807, 2.05) is 33.1 Å². The first-order chi connectivity index (χ1) is 42.5. The van der Waals surface area contributed by atoms with Crippen molar-refractivity contribution in [3.63, 3.8) is 0 Å². The van der Waals surface area contributed by atoms with Gasteiger partial charge in [0.2, 0.25) is 41.4 Å². The number of unbranched alkanes of at least 4 members (excludes halogenated alkanes) is 1. The molecule has 0 spiro atoms. The second-order valence-corrected chi connectivity index (χ2v) is 29.9. The van der Waals surface area contributed by atoms with Crippen LogP contribution in [-0.2, 0) is 63.7 Å². The molecule has 5 fully saturated rings. The van der Waals surface area contributed by atoms with Gasteiger partial charge in [-0.15, -0.1) is 35.3 Å². The number of aromatic nitrogens is 1. The lowest BCUT2D eigenvalue weighted by atomic mass is 9.83. The SMILES string of the molecule is COc1cc2cc(c1Cl)N(C)C(=O)C[C@H](OC(=O)[C@H](C)N(C)C(=O)CCC(C)(C)SC1CC(=O)N(CCCCNC(=O)c3cnc(NC(=O)CCSC)c(N4C(=O)C5SCSC5C4=O)c3)C1=O)[C@]1(C)O[C@H]1[C@H](C)[C@@H]1C[C@@](O)(NC(=O)O1)[C@H](OC)/C=C/C=C(\C)C2. The summed E-state index contributed by atoms with van der Waals surface area (Å²) in [5.74, 6) is -4.02. The number of aliphatic hydroxyl groups is 1. The summed E-state index contributed by atoms with van der Waals surface area (Å²) in [4.78, 5) is 145. The summed E-state index contributed by atoms with van der Waals surface area (Å²) in [5.41, 5.74) is -1.19. The Morgan fingerprint density at radius 2 is 1.72 bits per heavy atom. The molecule has 7 heterocycles. The van der Waals surface area contributed by atoms with Crippen LogP contribution in [0.25, 0.3) is 0 Å². The van der Waals surface area contributed by atoms with Crippen LogP contribution in [0.4, 0.5) is 22.0 Å². The first kappa shape index (κ1) is 70.0. The number of hydrogen-bond donors (Lipinski definition) is 4. The van der Waals surface area contributed by atoms with E-state index < -0.39 is 116 Å². The number of carbonyl (C=O) groups excluding carboxylic acids is 10. The summed E-state index contributed by atoms with van der Waals surface area (Å²) >= 11 is 12.3. The molecule has 4 N–H and O–H groups in total. The number of halogens is 1. The van der Waals surface area contributed by atoms with Gasteiger partial charge in [-0.25, -0.2) is 19.5 Å². The molecular formula is C61H79ClN8O16S4. The molecule has 2 aromatic rings. The quantitative estimate of drug-likeness (QED) is 0.0463. The van der Waals surface area contributed by atoms with Crippen LogP contribution in [0.2, 0.25) is 5.02 Å². The topological polar surface area (TPSA) is 302 Å². The number of anilines is 3. The van der Waals surface area contributed by atoms with Gasteiger partial charge in [0.25, 0.3) is 5.91 Å². The molecular weight excluding hydrogens is 1260 g/mol. The third-order valence-corrected chi connectivity index (χ3v) is 22.5. The number of carbonyl (C=O) groups is 10. The zero-order valence-corrected chi connectivity index (χ0v) is 56.3. The van der Waals surface area contributed by atoms with Crippen LogP contribution in [0.5, 0.6) is 5.75 Å². The fraction of sp³-hybridized carbons (Fsp3) is 0.590. The first-order valence-corrected chi connectivity index (χ1v) is 34.3. The van der Waals surface area contributed by atoms with Crippen molar-refractivity contribution in [2.75, 3.05) is 73.6 Å². The van der Waals surface area contributed by atoms with Gasteiger partial charge in [-0.05, 0) is 76.5 Å². The molecule has 5 saturated heterocycles. The average molecular weight is 1340 g/mol. The maximum absolute atomic E-state index is 14.5. The second-order valence-electron chi connectivity index (χ2n) is 24.0. The number of ether oxygens (including phenoxy) is 5. The minimum absolute atomic E-state index is 0.00779. The van der Waals surface area contributed by atoms with E-state index in [4.69, 9.17) is 35.3 Å². The normalized spacial score (nSPS) is 28.3. The van der Waals surface area contributed by atoms with Gasteiger partial charge >= 0.3 is 12.1 Å². The number of allylic oxidation sites excluding steroid dienone is 3. The van der Waals surface area contributed by atoms with Crippen LogP contribution in [-0.4, -0.2) is 200 Å². The van der Waals surface area contributed by atoms with E-state index >= 15 is 0 Å². The number of likely N-dealkylation sites (tertiary alicyclic amines) is 1. The van der Waals surface area contributed by atoms with Gasteiger partial charge in [0, 0.05) is 87.7 Å². The third kappa shape index (κ3) is 15.8. The number of epoxide rings is 1. The number of fused-ring (bicyclic) bond motifs is 6. The summed E-state index contributed by atoms with van der Waals surface area (Å²) in [7, 11) is 5.87. The number of hydrogen-bond acceptors (Lipinski definition) is 21. The standard InChI is InChI=1S/C61H79ClN8O16S4/c1-32-15-14-16-42(83-10)61(81)29-40(84-58(80)66-61)33(2)51-60(6,86-51)43(28-46(73)68(8)37-24-35(23-32)25-39(82-9)48(37)62)85-57(79)34(3)67(7)45(72)17-19-59(4,5)90-41-27-47(74)69(54(41)76)21-13-12-20-63-53(75)36-26-38(52(64-30-36)65-44(71)18-22-87-11)70-55(77)49-50(56(70)78)89-31-88-49/h14-16,24-26,30,33-34,40-43,49-51,81H,12-13,17-23,27-29,31H2,1-11H3,(H,63,75)(H,66,80)(H,64,65,71)/b16-14+,32-15+/t33-,34+,40+,41?,42-,43+,49?,50?,51+,60+,61+/m1/s1. The summed E-state index contributed by atoms with van der Waals surface area (Å²) in [5, 5.41) is 18.8. The summed E-state index contributed by atoms with van der Waals surface area (Å²) < 4.78 is 28.9. The molecule has 3 unspecified atom stereocenters. The van der Waals surface area contributed by atoms with Gasteiger partial charge in [0.15, 0.2) is 11.5 Å². The maximum atomic E-state index is 14.5. The number of nitrogens with one attached hydrogen (secondary N) is 3. The molecule has 1 aromatic heterocycles. The van der Waals surface area contributed by atoms with E-state index in [1.54, 1.807) is 45.2 Å². The molecule has 24 nitrogen and oxygen atoms in total. The van der Waals surface area contributed by atoms with Crippen molar-refractivity contribution in [2.45, 2.75) is 162 Å². The number of nitrogens with zero attached hydrogens (tertiary/aromatic N) is 5. The summed E-state index contributed by atoms with van der Waals surface area (Å²) in [6.45, 7) is 10.8. The highest BCUT2D eigenvalue weighted by Crippen LogP contribution is 2.50. The number of likely N-dealkylation sites (N-methyl/N-ethyl adjacent to an activating group) is 1. The Hall–Kier alpha value is -5.88. The van der Waals surface area contributed by atoms with E-state index in [-0.39, 0.29) is 85.0 Å². The lowest BCUT2D eigenvalue weighted by Crippen LogP contribution is -2.63. The number of alkyl carbamates (subject to hydrolysis) is 1. The number of pyridine rings is 1. The Labute approximate surface area is 545 Å².